The van der Waals surface area contributed by atoms with Gasteiger partial charge in [0.05, 0.1) is 11.7 Å². The Morgan fingerprint density at radius 1 is 1.61 bits per heavy atom. The third kappa shape index (κ3) is 3.22. The highest BCUT2D eigenvalue weighted by Crippen LogP contribution is 2.10. The molecule has 0 fully saturated rings. The zero-order valence-corrected chi connectivity index (χ0v) is 10.7. The summed E-state index contributed by atoms with van der Waals surface area (Å²) in [5, 5.41) is 14.2. The molecule has 0 saturated heterocycles. The van der Waals surface area contributed by atoms with E-state index in [0.717, 1.165) is 6.42 Å². The second-order valence-electron chi connectivity index (χ2n) is 3.99. The van der Waals surface area contributed by atoms with Crippen LogP contribution in [0, 0.1) is 13.8 Å². The first-order chi connectivity index (χ1) is 8.49. The smallest absolute Gasteiger partial charge is 0.289 e. The SMILES string of the molecule is CCCC(NC(=O)c1oc(C)nc1C)C(N)=NO. The normalized spacial score (nSPS) is 13.4. The molecule has 1 aromatic heterocycles. The van der Waals surface area contributed by atoms with Crippen LogP contribution >= 0.6 is 0 Å². The number of oxazole rings is 1. The molecule has 1 rings (SSSR count). The predicted molar refractivity (Wildman–Crippen MR) is 65.5 cm³/mol. The van der Waals surface area contributed by atoms with Gasteiger partial charge in [0, 0.05) is 6.92 Å². The molecule has 0 aliphatic heterocycles. The van der Waals surface area contributed by atoms with Crippen LogP contribution < -0.4 is 11.1 Å². The Bertz CT molecular complexity index is 453. The van der Waals surface area contributed by atoms with Crippen molar-refractivity contribution in [1.29, 1.82) is 0 Å². The van der Waals surface area contributed by atoms with Gasteiger partial charge in [0.1, 0.15) is 0 Å². The molecule has 100 valence electrons. The molecule has 1 atom stereocenters. The molecule has 7 heteroatoms. The van der Waals surface area contributed by atoms with Crippen molar-refractivity contribution in [3.63, 3.8) is 0 Å². The lowest BCUT2D eigenvalue weighted by molar-refractivity contribution is 0.0915. The van der Waals surface area contributed by atoms with Crippen molar-refractivity contribution in [2.45, 2.75) is 39.7 Å². The quantitative estimate of drug-likeness (QED) is 0.313. The van der Waals surface area contributed by atoms with Gasteiger partial charge in [-0.3, -0.25) is 4.79 Å². The number of nitrogens with two attached hydrogens (primary N) is 1. The predicted octanol–water partition coefficient (Wildman–Crippen LogP) is 0.936. The zero-order chi connectivity index (χ0) is 13.7. The topological polar surface area (TPSA) is 114 Å². The Morgan fingerprint density at radius 2 is 2.28 bits per heavy atom. The minimum Gasteiger partial charge on any atom is -0.436 e. The van der Waals surface area contributed by atoms with Gasteiger partial charge >= 0.3 is 0 Å². The van der Waals surface area contributed by atoms with Crippen molar-refractivity contribution < 1.29 is 14.4 Å². The lowest BCUT2D eigenvalue weighted by atomic mass is 10.1. The number of hydrogen-bond acceptors (Lipinski definition) is 5. The number of aromatic nitrogens is 1. The van der Waals surface area contributed by atoms with E-state index in [2.05, 4.69) is 15.5 Å². The first-order valence-corrected chi connectivity index (χ1v) is 5.71. The minimum absolute atomic E-state index is 0.0286. The fourth-order valence-corrected chi connectivity index (χ4v) is 1.62. The van der Waals surface area contributed by atoms with Gasteiger partial charge in [-0.25, -0.2) is 4.98 Å². The van der Waals surface area contributed by atoms with E-state index in [1.54, 1.807) is 13.8 Å². The molecule has 1 unspecified atom stereocenters. The fourth-order valence-electron chi connectivity index (χ4n) is 1.62. The van der Waals surface area contributed by atoms with Crippen LogP contribution in [0.15, 0.2) is 9.57 Å². The molecule has 1 amide bonds. The number of oxime groups is 1. The van der Waals surface area contributed by atoms with E-state index in [1.165, 1.54) is 0 Å². The number of amidine groups is 1. The lowest BCUT2D eigenvalue weighted by Gasteiger charge is -2.15. The maximum Gasteiger partial charge on any atom is 0.289 e. The van der Waals surface area contributed by atoms with Crippen LogP contribution in [-0.2, 0) is 0 Å². The number of carbonyl (C=O) groups is 1. The summed E-state index contributed by atoms with van der Waals surface area (Å²) >= 11 is 0. The van der Waals surface area contributed by atoms with Crippen LogP contribution in [0.25, 0.3) is 0 Å². The summed E-state index contributed by atoms with van der Waals surface area (Å²) in [4.78, 5) is 16.0. The highest BCUT2D eigenvalue weighted by molar-refractivity contribution is 5.97. The van der Waals surface area contributed by atoms with Crippen molar-refractivity contribution in [1.82, 2.24) is 10.3 Å². The summed E-state index contributed by atoms with van der Waals surface area (Å²) in [6, 6.07) is -0.516. The number of nitrogens with zero attached hydrogens (tertiary/aromatic N) is 2. The van der Waals surface area contributed by atoms with Gasteiger partial charge in [0.2, 0.25) is 5.76 Å². The van der Waals surface area contributed by atoms with Gasteiger partial charge in [-0.15, -0.1) is 0 Å². The largest absolute Gasteiger partial charge is 0.436 e. The Kier molecular flexibility index (Phi) is 4.70. The van der Waals surface area contributed by atoms with Gasteiger partial charge in [-0.05, 0) is 13.3 Å². The average molecular weight is 254 g/mol. The number of hydrogen-bond donors (Lipinski definition) is 3. The summed E-state index contributed by atoms with van der Waals surface area (Å²) < 4.78 is 5.20. The number of aryl methyl sites for hydroxylation is 2. The van der Waals surface area contributed by atoms with Crippen LogP contribution in [0.2, 0.25) is 0 Å². The Balaban J connectivity index is 2.81. The summed E-state index contributed by atoms with van der Waals surface area (Å²) in [5.74, 6) is 0.130. The number of nitrogens with one attached hydrogen (secondary N) is 1. The van der Waals surface area contributed by atoms with E-state index in [-0.39, 0.29) is 11.6 Å². The molecule has 0 saturated carbocycles. The Hall–Kier alpha value is -2.05. The van der Waals surface area contributed by atoms with Gasteiger partial charge in [0.15, 0.2) is 11.7 Å². The van der Waals surface area contributed by atoms with E-state index in [0.29, 0.717) is 18.0 Å². The van der Waals surface area contributed by atoms with Crippen LogP contribution in [0.1, 0.15) is 41.9 Å². The maximum absolute atomic E-state index is 11.9. The van der Waals surface area contributed by atoms with E-state index in [9.17, 15) is 4.79 Å². The molecular weight excluding hydrogens is 236 g/mol. The fraction of sp³-hybridized carbons (Fsp3) is 0.545. The van der Waals surface area contributed by atoms with Gasteiger partial charge in [0.25, 0.3) is 5.91 Å². The Morgan fingerprint density at radius 3 is 2.72 bits per heavy atom. The second-order valence-corrected chi connectivity index (χ2v) is 3.99. The molecule has 0 aromatic carbocycles. The maximum atomic E-state index is 11.9. The van der Waals surface area contributed by atoms with Gasteiger partial charge in [-0.1, -0.05) is 18.5 Å². The summed E-state index contributed by atoms with van der Waals surface area (Å²) in [6.45, 7) is 5.29. The highest BCUT2D eigenvalue weighted by Gasteiger charge is 2.21. The first-order valence-electron chi connectivity index (χ1n) is 5.71. The van der Waals surface area contributed by atoms with E-state index >= 15 is 0 Å². The highest BCUT2D eigenvalue weighted by atomic mass is 16.4. The second kappa shape index (κ2) is 6.04. The molecule has 0 radical (unpaired) electrons. The van der Waals surface area contributed by atoms with Crippen LogP contribution in [0.4, 0.5) is 0 Å². The number of amides is 1. The minimum atomic E-state index is -0.516. The van der Waals surface area contributed by atoms with Gasteiger partial charge in [-0.2, -0.15) is 0 Å². The zero-order valence-electron chi connectivity index (χ0n) is 10.7. The molecule has 0 aliphatic rings. The third-order valence-electron chi connectivity index (χ3n) is 2.46. The van der Waals surface area contributed by atoms with E-state index < -0.39 is 11.9 Å². The third-order valence-corrected chi connectivity index (χ3v) is 2.46. The molecule has 18 heavy (non-hydrogen) atoms. The van der Waals surface area contributed by atoms with E-state index in [1.807, 2.05) is 6.92 Å². The summed E-state index contributed by atoms with van der Waals surface area (Å²) in [7, 11) is 0. The standard InChI is InChI=1S/C11H18N4O3/c1-4-5-8(10(12)15-17)14-11(16)9-6(2)13-7(3)18-9/h8,17H,4-5H2,1-3H3,(H2,12,15)(H,14,16). The molecule has 1 aromatic rings. The summed E-state index contributed by atoms with van der Waals surface area (Å²) in [6.07, 6.45) is 1.36. The average Bonchev–Trinajstić information content (AvgIpc) is 2.67. The monoisotopic (exact) mass is 254 g/mol. The van der Waals surface area contributed by atoms with Crippen LogP contribution in [0.3, 0.4) is 0 Å². The van der Waals surface area contributed by atoms with Crippen molar-refractivity contribution >= 4 is 11.7 Å². The molecule has 0 bridgehead atoms. The van der Waals surface area contributed by atoms with Crippen molar-refractivity contribution in [3.8, 4) is 0 Å². The first kappa shape index (κ1) is 14.0. The molecule has 4 N–H and O–H groups in total. The molecule has 7 nitrogen and oxygen atoms in total. The molecular formula is C11H18N4O3. The Labute approximate surface area is 105 Å². The van der Waals surface area contributed by atoms with Crippen molar-refractivity contribution in [2.75, 3.05) is 0 Å². The van der Waals surface area contributed by atoms with Crippen molar-refractivity contribution in [2.24, 2.45) is 10.9 Å². The number of rotatable bonds is 5. The van der Waals surface area contributed by atoms with Crippen molar-refractivity contribution in [3.05, 3.63) is 17.3 Å². The van der Waals surface area contributed by atoms with E-state index in [4.69, 9.17) is 15.4 Å². The molecule has 0 spiro atoms. The molecule has 0 aliphatic carbocycles. The number of carbonyl (C=O) groups excluding carboxylic acids is 1. The summed E-state index contributed by atoms with van der Waals surface area (Å²) in [5.41, 5.74) is 6.03. The van der Waals surface area contributed by atoms with Crippen LogP contribution in [-0.4, -0.2) is 28.0 Å². The molecule has 1 heterocycles. The van der Waals surface area contributed by atoms with Gasteiger partial charge < -0.3 is 20.7 Å². The van der Waals surface area contributed by atoms with Crippen LogP contribution in [0.5, 0.6) is 0 Å². The lowest BCUT2D eigenvalue weighted by Crippen LogP contribution is -2.44.